The fraction of sp³-hybridized carbons (Fsp3) is 0.500. The summed E-state index contributed by atoms with van der Waals surface area (Å²) in [4.78, 5) is 12.4. The molecule has 0 saturated carbocycles. The van der Waals surface area contributed by atoms with Crippen molar-refractivity contribution in [3.8, 4) is 0 Å². The van der Waals surface area contributed by atoms with Crippen molar-refractivity contribution in [2.45, 2.75) is 36.7 Å². The zero-order valence-corrected chi connectivity index (χ0v) is 12.5. The number of hydrogen-bond donors (Lipinski definition) is 2. The molecule has 0 aromatic heterocycles. The minimum atomic E-state index is -3.41. The van der Waals surface area contributed by atoms with Gasteiger partial charge >= 0.3 is 0 Å². The molecule has 1 aliphatic rings. The summed E-state index contributed by atoms with van der Waals surface area (Å²) in [5.41, 5.74) is 0.216. The number of sulfone groups is 1. The molecule has 6 heteroatoms. The molecule has 1 saturated heterocycles. The molecule has 1 aromatic carbocycles. The number of nitrogens with one attached hydrogen (secondary N) is 2. The summed E-state index contributed by atoms with van der Waals surface area (Å²) in [7, 11) is -3.41. The highest BCUT2D eigenvalue weighted by molar-refractivity contribution is 7.90. The maximum atomic E-state index is 12.3. The first-order valence-electron chi connectivity index (χ1n) is 6.73. The Hall–Kier alpha value is -1.40. The van der Waals surface area contributed by atoms with Gasteiger partial charge in [-0.1, -0.05) is 12.1 Å². The molecule has 0 spiro atoms. The van der Waals surface area contributed by atoms with E-state index in [1.54, 1.807) is 18.2 Å². The Morgan fingerprint density at radius 1 is 1.35 bits per heavy atom. The first-order valence-corrected chi connectivity index (χ1v) is 8.62. The maximum absolute atomic E-state index is 12.3. The van der Waals surface area contributed by atoms with E-state index in [1.165, 1.54) is 6.07 Å². The third kappa shape index (κ3) is 3.37. The van der Waals surface area contributed by atoms with Gasteiger partial charge in [0.05, 0.1) is 10.5 Å². The predicted molar refractivity (Wildman–Crippen MR) is 77.5 cm³/mol. The van der Waals surface area contributed by atoms with Gasteiger partial charge in [-0.2, -0.15) is 0 Å². The normalized spacial score (nSPS) is 23.3. The number of rotatable bonds is 3. The van der Waals surface area contributed by atoms with Crippen molar-refractivity contribution in [1.29, 1.82) is 0 Å². The molecule has 2 rings (SSSR count). The molecule has 5 nitrogen and oxygen atoms in total. The maximum Gasteiger partial charge on any atom is 0.252 e. The van der Waals surface area contributed by atoms with Crippen molar-refractivity contribution >= 4 is 15.7 Å². The molecule has 2 atom stereocenters. The van der Waals surface area contributed by atoms with Gasteiger partial charge in [0.25, 0.3) is 5.91 Å². The molecular formula is C14H20N2O3S. The Labute approximate surface area is 119 Å². The quantitative estimate of drug-likeness (QED) is 0.871. The van der Waals surface area contributed by atoms with E-state index in [0.29, 0.717) is 0 Å². The number of carbonyl (C=O) groups excluding carboxylic acids is 1. The van der Waals surface area contributed by atoms with Gasteiger partial charge in [0, 0.05) is 18.3 Å². The van der Waals surface area contributed by atoms with Crippen LogP contribution in [0.1, 0.15) is 30.1 Å². The highest BCUT2D eigenvalue weighted by Crippen LogP contribution is 2.16. The van der Waals surface area contributed by atoms with Crippen LogP contribution in [0.5, 0.6) is 0 Å². The van der Waals surface area contributed by atoms with E-state index in [4.69, 9.17) is 0 Å². The van der Waals surface area contributed by atoms with Crippen LogP contribution in [0, 0.1) is 0 Å². The van der Waals surface area contributed by atoms with Gasteiger partial charge in [-0.05, 0) is 38.4 Å². The lowest BCUT2D eigenvalue weighted by atomic mass is 9.99. The number of amides is 1. The lowest BCUT2D eigenvalue weighted by molar-refractivity contribution is 0.0916. The van der Waals surface area contributed by atoms with Gasteiger partial charge in [-0.15, -0.1) is 0 Å². The molecule has 1 fully saturated rings. The van der Waals surface area contributed by atoms with Gasteiger partial charge in [-0.3, -0.25) is 4.79 Å². The van der Waals surface area contributed by atoms with Crippen LogP contribution in [0.15, 0.2) is 29.2 Å². The van der Waals surface area contributed by atoms with Gasteiger partial charge in [-0.25, -0.2) is 8.42 Å². The molecule has 110 valence electrons. The molecule has 2 N–H and O–H groups in total. The van der Waals surface area contributed by atoms with E-state index in [-0.39, 0.29) is 28.4 Å². The lowest BCUT2D eigenvalue weighted by Gasteiger charge is -2.30. The summed E-state index contributed by atoms with van der Waals surface area (Å²) < 4.78 is 23.4. The predicted octanol–water partition coefficient (Wildman–Crippen LogP) is 0.960. The van der Waals surface area contributed by atoms with E-state index in [1.807, 2.05) is 6.92 Å². The zero-order chi connectivity index (χ0) is 14.8. The minimum Gasteiger partial charge on any atom is -0.348 e. The van der Waals surface area contributed by atoms with Crippen molar-refractivity contribution in [3.63, 3.8) is 0 Å². The fourth-order valence-electron chi connectivity index (χ4n) is 2.46. The monoisotopic (exact) mass is 296 g/mol. The Morgan fingerprint density at radius 3 is 2.70 bits per heavy atom. The molecule has 0 bridgehead atoms. The Bertz CT molecular complexity index is 598. The minimum absolute atomic E-state index is 0.0314. The second kappa shape index (κ2) is 5.93. The number of hydrogen-bond acceptors (Lipinski definition) is 4. The van der Waals surface area contributed by atoms with Gasteiger partial charge in [0.15, 0.2) is 9.84 Å². The van der Waals surface area contributed by atoms with Crippen molar-refractivity contribution in [2.24, 2.45) is 0 Å². The van der Waals surface area contributed by atoms with Crippen LogP contribution in [0.25, 0.3) is 0 Å². The molecule has 1 heterocycles. The first kappa shape index (κ1) is 15.0. The summed E-state index contributed by atoms with van der Waals surface area (Å²) in [6.07, 6.45) is 3.02. The van der Waals surface area contributed by atoms with Crippen LogP contribution < -0.4 is 10.6 Å². The highest BCUT2D eigenvalue weighted by atomic mass is 32.2. The Morgan fingerprint density at radius 2 is 2.05 bits per heavy atom. The summed E-state index contributed by atoms with van der Waals surface area (Å²) in [5, 5.41) is 6.23. The zero-order valence-electron chi connectivity index (χ0n) is 11.7. The second-order valence-corrected chi connectivity index (χ2v) is 7.22. The summed E-state index contributed by atoms with van der Waals surface area (Å²) in [5.74, 6) is -0.327. The second-order valence-electron chi connectivity index (χ2n) is 5.23. The van der Waals surface area contributed by atoms with Crippen LogP contribution in [-0.4, -0.2) is 39.2 Å². The molecule has 1 amide bonds. The number of benzene rings is 1. The van der Waals surface area contributed by atoms with Crippen LogP contribution in [0.2, 0.25) is 0 Å². The Balaban J connectivity index is 2.22. The first-order chi connectivity index (χ1) is 9.39. The van der Waals surface area contributed by atoms with Gasteiger partial charge < -0.3 is 10.6 Å². The Kier molecular flexibility index (Phi) is 4.45. The molecule has 0 radical (unpaired) electrons. The SMILES string of the molecule is CC1NCCCC1NC(=O)c1ccccc1S(C)(=O)=O. The van der Waals surface area contributed by atoms with Crippen LogP contribution in [-0.2, 0) is 9.84 Å². The smallest absolute Gasteiger partial charge is 0.252 e. The molecule has 2 unspecified atom stereocenters. The summed E-state index contributed by atoms with van der Waals surface area (Å²) >= 11 is 0. The van der Waals surface area contributed by atoms with E-state index in [0.717, 1.165) is 25.6 Å². The van der Waals surface area contributed by atoms with E-state index < -0.39 is 9.84 Å². The van der Waals surface area contributed by atoms with Crippen molar-refractivity contribution < 1.29 is 13.2 Å². The third-order valence-corrected chi connectivity index (χ3v) is 4.76. The number of piperidine rings is 1. The molecule has 1 aromatic rings. The van der Waals surface area contributed by atoms with E-state index in [2.05, 4.69) is 10.6 Å². The lowest BCUT2D eigenvalue weighted by Crippen LogP contribution is -2.52. The standard InChI is InChI=1S/C14H20N2O3S/c1-10-12(7-5-9-15-10)16-14(17)11-6-3-4-8-13(11)20(2,18)19/h3-4,6,8,10,12,15H,5,7,9H2,1-2H3,(H,16,17). The van der Waals surface area contributed by atoms with Crippen molar-refractivity contribution in [2.75, 3.05) is 12.8 Å². The van der Waals surface area contributed by atoms with Gasteiger partial charge in [0.2, 0.25) is 0 Å². The summed E-state index contributed by atoms with van der Waals surface area (Å²) in [6.45, 7) is 2.97. The highest BCUT2D eigenvalue weighted by Gasteiger charge is 2.25. The van der Waals surface area contributed by atoms with Gasteiger partial charge in [0.1, 0.15) is 0 Å². The molecular weight excluding hydrogens is 276 g/mol. The van der Waals surface area contributed by atoms with E-state index in [9.17, 15) is 13.2 Å². The van der Waals surface area contributed by atoms with Crippen LogP contribution in [0.3, 0.4) is 0 Å². The van der Waals surface area contributed by atoms with Crippen LogP contribution >= 0.6 is 0 Å². The fourth-order valence-corrected chi connectivity index (χ4v) is 3.35. The van der Waals surface area contributed by atoms with Crippen molar-refractivity contribution in [3.05, 3.63) is 29.8 Å². The number of carbonyl (C=O) groups is 1. The molecule has 20 heavy (non-hydrogen) atoms. The average molecular weight is 296 g/mol. The largest absolute Gasteiger partial charge is 0.348 e. The average Bonchev–Trinajstić information content (AvgIpc) is 2.40. The summed E-state index contributed by atoms with van der Waals surface area (Å²) in [6, 6.07) is 6.53. The topological polar surface area (TPSA) is 75.3 Å². The van der Waals surface area contributed by atoms with Crippen LogP contribution in [0.4, 0.5) is 0 Å². The molecule has 0 aliphatic carbocycles. The van der Waals surface area contributed by atoms with Crippen molar-refractivity contribution in [1.82, 2.24) is 10.6 Å². The molecule has 1 aliphatic heterocycles. The van der Waals surface area contributed by atoms with E-state index >= 15 is 0 Å². The third-order valence-electron chi connectivity index (χ3n) is 3.61.